The summed E-state index contributed by atoms with van der Waals surface area (Å²) in [5.74, 6) is 0.842. The molecule has 0 aliphatic heterocycles. The van der Waals surface area contributed by atoms with Crippen LogP contribution in [0.5, 0.6) is 5.75 Å². The molecular weight excluding hydrogens is 214 g/mol. The van der Waals surface area contributed by atoms with E-state index in [4.69, 9.17) is 4.74 Å². The van der Waals surface area contributed by atoms with E-state index < -0.39 is 0 Å². The molecule has 0 N–H and O–H groups in total. The molecular formula is C14H13NO2. The molecule has 0 aliphatic rings. The Hall–Kier alpha value is -2.29. The molecule has 1 aromatic heterocycles. The lowest BCUT2D eigenvalue weighted by Crippen LogP contribution is -2.23. The van der Waals surface area contributed by atoms with Gasteiger partial charge >= 0.3 is 0 Å². The van der Waals surface area contributed by atoms with E-state index in [0.717, 1.165) is 21.6 Å². The normalized spacial score (nSPS) is 10.6. The SMILES string of the molecule is COc1ccc(/C=C/c2cc[n+]([O-])cc2)cc1. The van der Waals surface area contributed by atoms with Crippen molar-refractivity contribution in [3.05, 3.63) is 65.1 Å². The Bertz CT molecular complexity index is 501. The third kappa shape index (κ3) is 3.08. The average molecular weight is 227 g/mol. The van der Waals surface area contributed by atoms with E-state index in [9.17, 15) is 5.21 Å². The van der Waals surface area contributed by atoms with Crippen molar-refractivity contribution in [3.8, 4) is 5.75 Å². The molecule has 0 fully saturated rings. The highest BCUT2D eigenvalue weighted by Crippen LogP contribution is 2.13. The maximum atomic E-state index is 10.8. The van der Waals surface area contributed by atoms with Crippen LogP contribution in [0.15, 0.2) is 48.8 Å². The lowest BCUT2D eigenvalue weighted by Gasteiger charge is -1.99. The van der Waals surface area contributed by atoms with E-state index in [1.165, 1.54) is 12.4 Å². The number of aromatic nitrogens is 1. The summed E-state index contributed by atoms with van der Waals surface area (Å²) in [4.78, 5) is 0. The van der Waals surface area contributed by atoms with Crippen molar-refractivity contribution in [2.75, 3.05) is 7.11 Å². The topological polar surface area (TPSA) is 36.2 Å². The fraction of sp³-hybridized carbons (Fsp3) is 0.0714. The third-order valence-electron chi connectivity index (χ3n) is 2.41. The van der Waals surface area contributed by atoms with Crippen molar-refractivity contribution in [3.63, 3.8) is 0 Å². The van der Waals surface area contributed by atoms with Crippen LogP contribution in [0.4, 0.5) is 0 Å². The van der Waals surface area contributed by atoms with Gasteiger partial charge in [-0.15, -0.1) is 0 Å². The second-order valence-electron chi connectivity index (χ2n) is 3.60. The van der Waals surface area contributed by atoms with Gasteiger partial charge in [-0.25, -0.2) is 0 Å². The van der Waals surface area contributed by atoms with Crippen LogP contribution in [-0.4, -0.2) is 7.11 Å². The number of hydrogen-bond acceptors (Lipinski definition) is 2. The zero-order valence-electron chi connectivity index (χ0n) is 9.54. The first-order chi connectivity index (χ1) is 8.28. The van der Waals surface area contributed by atoms with E-state index >= 15 is 0 Å². The van der Waals surface area contributed by atoms with Crippen LogP contribution in [0.1, 0.15) is 11.1 Å². The summed E-state index contributed by atoms with van der Waals surface area (Å²) in [5.41, 5.74) is 2.08. The molecule has 2 aromatic rings. The number of pyridine rings is 1. The summed E-state index contributed by atoms with van der Waals surface area (Å²) >= 11 is 0. The van der Waals surface area contributed by atoms with Crippen LogP contribution >= 0.6 is 0 Å². The zero-order valence-corrected chi connectivity index (χ0v) is 9.54. The number of nitrogens with zero attached hydrogens (tertiary/aromatic N) is 1. The lowest BCUT2D eigenvalue weighted by atomic mass is 10.1. The summed E-state index contributed by atoms with van der Waals surface area (Å²) in [6, 6.07) is 11.3. The Balaban J connectivity index is 2.11. The van der Waals surface area contributed by atoms with Crippen molar-refractivity contribution >= 4 is 12.2 Å². The highest BCUT2D eigenvalue weighted by atomic mass is 16.5. The number of rotatable bonds is 3. The van der Waals surface area contributed by atoms with Crippen LogP contribution in [-0.2, 0) is 0 Å². The molecule has 0 aliphatic carbocycles. The largest absolute Gasteiger partial charge is 0.619 e. The van der Waals surface area contributed by atoms with Gasteiger partial charge in [0.1, 0.15) is 5.75 Å². The molecule has 0 unspecified atom stereocenters. The van der Waals surface area contributed by atoms with Gasteiger partial charge in [-0.05, 0) is 23.3 Å². The minimum atomic E-state index is 0.769. The van der Waals surface area contributed by atoms with Crippen molar-refractivity contribution in [2.24, 2.45) is 0 Å². The van der Waals surface area contributed by atoms with E-state index in [0.29, 0.717) is 0 Å². The minimum Gasteiger partial charge on any atom is -0.619 e. The first kappa shape index (κ1) is 11.2. The summed E-state index contributed by atoms with van der Waals surface area (Å²) in [7, 11) is 1.65. The lowest BCUT2D eigenvalue weighted by molar-refractivity contribution is -0.605. The number of benzene rings is 1. The summed E-state index contributed by atoms with van der Waals surface area (Å²) in [6.07, 6.45) is 6.91. The van der Waals surface area contributed by atoms with Gasteiger partial charge in [0.05, 0.1) is 7.11 Å². The molecule has 0 amide bonds. The molecule has 0 radical (unpaired) electrons. The molecule has 0 saturated heterocycles. The summed E-state index contributed by atoms with van der Waals surface area (Å²) in [5, 5.41) is 10.8. The van der Waals surface area contributed by atoms with Gasteiger partial charge in [-0.3, -0.25) is 0 Å². The van der Waals surface area contributed by atoms with Crippen LogP contribution < -0.4 is 9.47 Å². The van der Waals surface area contributed by atoms with Gasteiger partial charge in [-0.1, -0.05) is 24.3 Å². The smallest absolute Gasteiger partial charge is 0.180 e. The average Bonchev–Trinajstić information content (AvgIpc) is 2.39. The van der Waals surface area contributed by atoms with E-state index in [1.807, 2.05) is 36.4 Å². The predicted molar refractivity (Wildman–Crippen MR) is 67.3 cm³/mol. The molecule has 0 spiro atoms. The van der Waals surface area contributed by atoms with Crippen LogP contribution in [0.25, 0.3) is 12.2 Å². The number of hydrogen-bond donors (Lipinski definition) is 0. The van der Waals surface area contributed by atoms with E-state index in [2.05, 4.69) is 0 Å². The van der Waals surface area contributed by atoms with Gasteiger partial charge in [0.15, 0.2) is 12.4 Å². The highest BCUT2D eigenvalue weighted by molar-refractivity contribution is 5.69. The van der Waals surface area contributed by atoms with Crippen molar-refractivity contribution < 1.29 is 9.47 Å². The Morgan fingerprint density at radius 3 is 2.00 bits per heavy atom. The van der Waals surface area contributed by atoms with Crippen LogP contribution in [0.2, 0.25) is 0 Å². The molecule has 2 rings (SSSR count). The van der Waals surface area contributed by atoms with Gasteiger partial charge in [0, 0.05) is 12.1 Å². The Labute approximate surface area is 100 Å². The first-order valence-electron chi connectivity index (χ1n) is 5.29. The molecule has 1 aromatic carbocycles. The van der Waals surface area contributed by atoms with Gasteiger partial charge in [-0.2, -0.15) is 4.73 Å². The zero-order chi connectivity index (χ0) is 12.1. The predicted octanol–water partition coefficient (Wildman–Crippen LogP) is 2.50. The van der Waals surface area contributed by atoms with E-state index in [1.54, 1.807) is 19.2 Å². The molecule has 0 bridgehead atoms. The standard InChI is InChI=1S/C14H13NO2/c1-17-14-6-4-12(5-7-14)2-3-13-8-10-15(16)11-9-13/h2-11H,1H3/b3-2+. The fourth-order valence-corrected chi connectivity index (χ4v) is 1.44. The quantitative estimate of drug-likeness (QED) is 0.596. The fourth-order valence-electron chi connectivity index (χ4n) is 1.44. The maximum absolute atomic E-state index is 10.8. The summed E-state index contributed by atoms with van der Waals surface area (Å²) < 4.78 is 5.85. The molecule has 1 heterocycles. The Morgan fingerprint density at radius 2 is 1.47 bits per heavy atom. The van der Waals surface area contributed by atoms with Crippen LogP contribution in [0, 0.1) is 5.21 Å². The monoisotopic (exact) mass is 227 g/mol. The molecule has 3 heteroatoms. The Morgan fingerprint density at radius 1 is 0.941 bits per heavy atom. The van der Waals surface area contributed by atoms with Crippen molar-refractivity contribution in [1.29, 1.82) is 0 Å². The molecule has 3 nitrogen and oxygen atoms in total. The second-order valence-corrected chi connectivity index (χ2v) is 3.60. The maximum Gasteiger partial charge on any atom is 0.180 e. The van der Waals surface area contributed by atoms with Crippen LogP contribution in [0.3, 0.4) is 0 Å². The molecule has 17 heavy (non-hydrogen) atoms. The number of methoxy groups -OCH3 is 1. The van der Waals surface area contributed by atoms with Gasteiger partial charge < -0.3 is 9.94 Å². The van der Waals surface area contributed by atoms with Gasteiger partial charge in [0.25, 0.3) is 0 Å². The van der Waals surface area contributed by atoms with Gasteiger partial charge in [0.2, 0.25) is 0 Å². The minimum absolute atomic E-state index is 0.769. The Kier molecular flexibility index (Phi) is 3.40. The molecule has 0 atom stereocenters. The molecule has 0 saturated carbocycles. The highest BCUT2D eigenvalue weighted by Gasteiger charge is 1.92. The first-order valence-corrected chi connectivity index (χ1v) is 5.29. The van der Waals surface area contributed by atoms with Crippen molar-refractivity contribution in [1.82, 2.24) is 0 Å². The van der Waals surface area contributed by atoms with E-state index in [-0.39, 0.29) is 0 Å². The summed E-state index contributed by atoms with van der Waals surface area (Å²) in [6.45, 7) is 0. The molecule has 86 valence electrons. The third-order valence-corrected chi connectivity index (χ3v) is 2.41. The second kappa shape index (κ2) is 5.16. The van der Waals surface area contributed by atoms with Crippen molar-refractivity contribution in [2.45, 2.75) is 0 Å². The number of ether oxygens (including phenoxy) is 1.